The number of rotatable bonds is 19. The third-order valence-corrected chi connectivity index (χ3v) is 10.2. The van der Waals surface area contributed by atoms with Crippen molar-refractivity contribution in [3.05, 3.63) is 113 Å². The molecule has 0 aliphatic rings. The smallest absolute Gasteiger partial charge is 0.246 e. The normalized spacial score (nSPS) is 12.8. The van der Waals surface area contributed by atoms with Crippen molar-refractivity contribution in [2.75, 3.05) is 17.2 Å². The van der Waals surface area contributed by atoms with Gasteiger partial charge in [-0.25, -0.2) is 0 Å². The molecule has 0 saturated heterocycles. The molecule has 1 atom stereocenters. The highest BCUT2D eigenvalue weighted by molar-refractivity contribution is 5.97. The summed E-state index contributed by atoms with van der Waals surface area (Å²) >= 11 is 0. The van der Waals surface area contributed by atoms with Crippen molar-refractivity contribution in [2.24, 2.45) is 17.6 Å². The molecule has 0 bridgehead atoms. The maximum atomic E-state index is 13.8. The van der Waals surface area contributed by atoms with Crippen LogP contribution in [0, 0.1) is 32.6 Å². The van der Waals surface area contributed by atoms with E-state index in [0.717, 1.165) is 47.1 Å². The van der Waals surface area contributed by atoms with Gasteiger partial charge in [0.25, 0.3) is 0 Å². The zero-order valence-electron chi connectivity index (χ0n) is 35.8. The molecule has 7 heteroatoms. The van der Waals surface area contributed by atoms with Gasteiger partial charge < -0.3 is 21.7 Å². The van der Waals surface area contributed by atoms with Crippen molar-refractivity contribution in [1.29, 1.82) is 0 Å². The second-order valence-corrected chi connectivity index (χ2v) is 17.2. The van der Waals surface area contributed by atoms with E-state index in [1.807, 2.05) is 64.1 Å². The lowest BCUT2D eigenvalue weighted by atomic mass is 9.84. The highest BCUT2D eigenvalue weighted by Gasteiger charge is 2.27. The highest BCUT2D eigenvalue weighted by atomic mass is 16.2. The Bertz CT molecular complexity index is 1880. The number of carbonyl (C=O) groups excluding carboxylic acids is 2. The molecule has 0 radical (unpaired) electrons. The molecule has 0 saturated carbocycles. The first kappa shape index (κ1) is 44.9. The summed E-state index contributed by atoms with van der Waals surface area (Å²) in [5, 5.41) is 13.1. The first-order valence-corrected chi connectivity index (χ1v) is 19.9. The number of amides is 2. The number of hydrogen-bond acceptors (Lipinski definition) is 5. The molecule has 1 unspecified atom stereocenters. The minimum Gasteiger partial charge on any atom is -0.374 e. The summed E-state index contributed by atoms with van der Waals surface area (Å²) in [4.78, 5) is 27.2. The predicted octanol–water partition coefficient (Wildman–Crippen LogP) is 10.4. The van der Waals surface area contributed by atoms with Gasteiger partial charge in [-0.05, 0) is 155 Å². The van der Waals surface area contributed by atoms with Crippen LogP contribution >= 0.6 is 0 Å². The lowest BCUT2D eigenvalue weighted by Crippen LogP contribution is -2.44. The molecule has 0 spiro atoms. The Kier molecular flexibility index (Phi) is 15.9. The lowest BCUT2D eigenvalue weighted by molar-refractivity contribution is -0.118. The molecule has 0 aliphatic carbocycles. The van der Waals surface area contributed by atoms with E-state index in [1.54, 1.807) is 0 Å². The van der Waals surface area contributed by atoms with Crippen LogP contribution in [0.1, 0.15) is 121 Å². The molecule has 0 aromatic heterocycles. The summed E-state index contributed by atoms with van der Waals surface area (Å²) in [7, 11) is 0. The predicted molar refractivity (Wildman–Crippen MR) is 237 cm³/mol. The first-order valence-electron chi connectivity index (χ1n) is 19.9. The third kappa shape index (κ3) is 13.1. The van der Waals surface area contributed by atoms with Gasteiger partial charge in [0.1, 0.15) is 6.04 Å². The van der Waals surface area contributed by atoms with Crippen LogP contribution in [0.15, 0.2) is 73.8 Å². The Labute approximate surface area is 332 Å². The molecule has 7 nitrogen and oxygen atoms in total. The molecule has 0 fully saturated rings. The van der Waals surface area contributed by atoms with Crippen LogP contribution in [0.3, 0.4) is 0 Å². The number of benzene rings is 3. The van der Waals surface area contributed by atoms with E-state index in [9.17, 15) is 9.59 Å². The molecule has 0 aliphatic heterocycles. The fourth-order valence-electron chi connectivity index (χ4n) is 6.69. The van der Waals surface area contributed by atoms with E-state index in [4.69, 9.17) is 5.73 Å². The van der Waals surface area contributed by atoms with Crippen molar-refractivity contribution in [2.45, 2.75) is 126 Å². The van der Waals surface area contributed by atoms with E-state index in [2.05, 4.69) is 114 Å². The number of nitrogens with two attached hydrogens (primary N) is 1. The summed E-state index contributed by atoms with van der Waals surface area (Å²) in [6, 6.07) is 17.8. The monoisotopic (exact) mass is 748 g/mol. The Morgan fingerprint density at radius 3 is 1.93 bits per heavy atom. The third-order valence-electron chi connectivity index (χ3n) is 10.2. The molecular formula is C48H69N5O2. The summed E-state index contributed by atoms with van der Waals surface area (Å²) < 4.78 is 0. The van der Waals surface area contributed by atoms with Gasteiger partial charge in [-0.1, -0.05) is 84.2 Å². The van der Waals surface area contributed by atoms with Crippen molar-refractivity contribution in [3.8, 4) is 0 Å². The van der Waals surface area contributed by atoms with E-state index in [0.29, 0.717) is 29.4 Å². The van der Waals surface area contributed by atoms with Crippen LogP contribution in [0.4, 0.5) is 11.4 Å². The Morgan fingerprint density at radius 2 is 1.35 bits per heavy atom. The molecule has 2 amide bonds. The van der Waals surface area contributed by atoms with Crippen molar-refractivity contribution >= 4 is 40.0 Å². The van der Waals surface area contributed by atoms with Gasteiger partial charge in [-0.3, -0.25) is 14.9 Å². The average Bonchev–Trinajstić information content (AvgIpc) is 3.09. The molecule has 55 heavy (non-hydrogen) atoms. The summed E-state index contributed by atoms with van der Waals surface area (Å²) in [5.74, 6) is 0.591. The number of anilines is 2. The summed E-state index contributed by atoms with van der Waals surface area (Å²) in [5.41, 5.74) is 16.8. The van der Waals surface area contributed by atoms with Gasteiger partial charge in [0.2, 0.25) is 11.8 Å². The second-order valence-electron chi connectivity index (χ2n) is 17.2. The zero-order chi connectivity index (χ0) is 41.2. The summed E-state index contributed by atoms with van der Waals surface area (Å²) in [6.45, 7) is 33.8. The highest BCUT2D eigenvalue weighted by Crippen LogP contribution is 2.32. The second kappa shape index (κ2) is 19.4. The average molecular weight is 748 g/mol. The number of aryl methyl sites for hydroxylation is 4. The van der Waals surface area contributed by atoms with E-state index in [1.165, 1.54) is 22.3 Å². The van der Waals surface area contributed by atoms with Crippen LogP contribution in [0.25, 0.3) is 16.8 Å². The number of carbonyl (C=O) groups is 2. The van der Waals surface area contributed by atoms with Crippen LogP contribution in [0.2, 0.25) is 0 Å². The van der Waals surface area contributed by atoms with Gasteiger partial charge in [-0.15, -0.1) is 0 Å². The molecule has 3 aromatic carbocycles. The minimum atomic E-state index is -0.597. The zero-order valence-corrected chi connectivity index (χ0v) is 35.8. The van der Waals surface area contributed by atoms with E-state index in [-0.39, 0.29) is 24.3 Å². The standard InChI is InChI=1S/C48H69N5O2/c1-15-16-43(42-26-37(21-17-30(2)3)22-18-34(42)8)48(13,14)50-29-45(54)52-38-23-20-33(7)41(28-38)36(10)51-44(25-31(4)5)46(55)53-39-24-19-32(6)40(27-39)35(9)47(11,12)49/h16,18-20,22-24,26-28,30-31,44,50-51H,9-10,15,17,21,25,29,49H2,1-8,11-14H3,(H,52,54)(H,53,55)/b43-16+. The Balaban J connectivity index is 1.74. The number of hydrogen-bond donors (Lipinski definition) is 5. The van der Waals surface area contributed by atoms with Crippen LogP contribution < -0.4 is 27.0 Å². The molecular weight excluding hydrogens is 679 g/mol. The van der Waals surface area contributed by atoms with Gasteiger partial charge >= 0.3 is 0 Å². The minimum absolute atomic E-state index is 0.135. The van der Waals surface area contributed by atoms with Gasteiger partial charge in [0.05, 0.1) is 6.54 Å². The van der Waals surface area contributed by atoms with Crippen molar-refractivity contribution in [1.82, 2.24) is 10.6 Å². The van der Waals surface area contributed by atoms with Crippen LogP contribution in [0.5, 0.6) is 0 Å². The van der Waals surface area contributed by atoms with Gasteiger partial charge in [0.15, 0.2) is 0 Å². The van der Waals surface area contributed by atoms with Gasteiger partial charge in [0, 0.05) is 33.7 Å². The Hall–Kier alpha value is -4.46. The van der Waals surface area contributed by atoms with Gasteiger partial charge in [-0.2, -0.15) is 0 Å². The first-order chi connectivity index (χ1) is 25.6. The van der Waals surface area contributed by atoms with Crippen molar-refractivity contribution in [3.63, 3.8) is 0 Å². The van der Waals surface area contributed by atoms with Crippen LogP contribution in [-0.4, -0.2) is 35.5 Å². The fraction of sp³-hybridized carbons (Fsp3) is 0.458. The van der Waals surface area contributed by atoms with Crippen LogP contribution in [-0.2, 0) is 16.0 Å². The summed E-state index contributed by atoms with van der Waals surface area (Å²) in [6.07, 6.45) is 5.96. The SMILES string of the molecule is C=C(NC(CC(C)C)C(=O)Nc1ccc(C)c(C(=C)C(C)(C)N)c1)c1cc(NC(=O)CNC(C)(C)/C(=C/CC)c2cc(CCC(C)C)ccc2C)ccc1C. The molecule has 3 aromatic rings. The maximum absolute atomic E-state index is 13.8. The lowest BCUT2D eigenvalue weighted by Gasteiger charge is -2.31. The Morgan fingerprint density at radius 1 is 0.782 bits per heavy atom. The maximum Gasteiger partial charge on any atom is 0.246 e. The molecule has 3 rings (SSSR count). The number of allylic oxidation sites excluding steroid dienone is 1. The molecule has 6 N–H and O–H groups in total. The van der Waals surface area contributed by atoms with E-state index < -0.39 is 17.1 Å². The molecule has 0 heterocycles. The topological polar surface area (TPSA) is 108 Å². The molecule has 298 valence electrons. The quantitative estimate of drug-likeness (QED) is 0.0839. The fourth-order valence-corrected chi connectivity index (χ4v) is 6.69. The van der Waals surface area contributed by atoms with Crippen molar-refractivity contribution < 1.29 is 9.59 Å². The van der Waals surface area contributed by atoms with E-state index >= 15 is 0 Å². The number of nitrogens with one attached hydrogen (secondary N) is 4. The largest absolute Gasteiger partial charge is 0.374 e.